The van der Waals surface area contributed by atoms with Crippen LogP contribution in [0.1, 0.15) is 60.1 Å². The number of carbonyl (C=O) groups excluding carboxylic acids is 1. The summed E-state index contributed by atoms with van der Waals surface area (Å²) in [5.74, 6) is 1.44. The van der Waals surface area contributed by atoms with E-state index in [-0.39, 0.29) is 23.7 Å². The van der Waals surface area contributed by atoms with E-state index in [0.29, 0.717) is 11.5 Å². The highest BCUT2D eigenvalue weighted by Crippen LogP contribution is 2.29. The van der Waals surface area contributed by atoms with Crippen LogP contribution in [0.3, 0.4) is 0 Å². The van der Waals surface area contributed by atoms with Gasteiger partial charge in [-0.3, -0.25) is 14.9 Å². The number of benzene rings is 1. The SMILES string of the molecule is CN(C)c1nc(N[C@H]2CC[C@@H](NC(=O)c3cccc([N+](=O)[O-])c3)CC2)nc2c1CCCC2. The number of non-ortho nitro benzene ring substituents is 1. The van der Waals surface area contributed by atoms with Gasteiger partial charge in [0, 0.05) is 49.4 Å². The van der Waals surface area contributed by atoms with Crippen molar-refractivity contribution in [2.45, 2.75) is 63.5 Å². The number of nitrogens with one attached hydrogen (secondary N) is 2. The average Bonchev–Trinajstić information content (AvgIpc) is 2.79. The van der Waals surface area contributed by atoms with Gasteiger partial charge in [0.05, 0.1) is 10.6 Å². The summed E-state index contributed by atoms with van der Waals surface area (Å²) < 4.78 is 0. The molecule has 9 nitrogen and oxygen atoms in total. The van der Waals surface area contributed by atoms with Crippen LogP contribution in [-0.2, 0) is 12.8 Å². The lowest BCUT2D eigenvalue weighted by molar-refractivity contribution is -0.384. The smallest absolute Gasteiger partial charge is 0.270 e. The first-order valence-electron chi connectivity index (χ1n) is 11.3. The van der Waals surface area contributed by atoms with E-state index in [9.17, 15) is 14.9 Å². The van der Waals surface area contributed by atoms with E-state index < -0.39 is 4.92 Å². The van der Waals surface area contributed by atoms with Gasteiger partial charge in [0.2, 0.25) is 5.95 Å². The van der Waals surface area contributed by atoms with Crippen LogP contribution in [0.4, 0.5) is 17.5 Å². The Bertz CT molecular complexity index is 1000. The Hall–Kier alpha value is -3.23. The van der Waals surface area contributed by atoms with Crippen molar-refractivity contribution in [1.82, 2.24) is 15.3 Å². The van der Waals surface area contributed by atoms with Crippen molar-refractivity contribution < 1.29 is 9.72 Å². The molecule has 0 unspecified atom stereocenters. The van der Waals surface area contributed by atoms with Crippen LogP contribution in [0.2, 0.25) is 0 Å². The summed E-state index contributed by atoms with van der Waals surface area (Å²) in [4.78, 5) is 34.6. The van der Waals surface area contributed by atoms with E-state index >= 15 is 0 Å². The molecule has 0 bridgehead atoms. The number of hydrogen-bond donors (Lipinski definition) is 2. The van der Waals surface area contributed by atoms with E-state index in [1.54, 1.807) is 6.07 Å². The molecular weight excluding hydrogens is 408 g/mol. The van der Waals surface area contributed by atoms with Gasteiger partial charge in [-0.05, 0) is 57.4 Å². The average molecular weight is 439 g/mol. The third-order valence-electron chi connectivity index (χ3n) is 6.30. The lowest BCUT2D eigenvalue weighted by Gasteiger charge is -2.30. The molecule has 0 radical (unpaired) electrons. The number of nitro groups is 1. The maximum Gasteiger partial charge on any atom is 0.270 e. The van der Waals surface area contributed by atoms with E-state index in [1.165, 1.54) is 36.6 Å². The van der Waals surface area contributed by atoms with Crippen LogP contribution in [0.5, 0.6) is 0 Å². The largest absolute Gasteiger partial charge is 0.362 e. The van der Waals surface area contributed by atoms with Crippen LogP contribution >= 0.6 is 0 Å². The summed E-state index contributed by atoms with van der Waals surface area (Å²) in [6.45, 7) is 0. The number of amides is 1. The molecule has 1 amide bonds. The topological polar surface area (TPSA) is 113 Å². The van der Waals surface area contributed by atoms with E-state index in [0.717, 1.165) is 50.0 Å². The van der Waals surface area contributed by atoms with Crippen molar-refractivity contribution in [3.63, 3.8) is 0 Å². The second-order valence-electron chi connectivity index (χ2n) is 8.87. The molecule has 1 fully saturated rings. The summed E-state index contributed by atoms with van der Waals surface area (Å²) in [7, 11) is 4.05. The number of aryl methyl sites for hydroxylation is 1. The minimum Gasteiger partial charge on any atom is -0.362 e. The number of fused-ring (bicyclic) bond motifs is 1. The number of nitro benzene ring substituents is 1. The van der Waals surface area contributed by atoms with E-state index in [2.05, 4.69) is 15.5 Å². The first kappa shape index (κ1) is 22.0. The zero-order valence-corrected chi connectivity index (χ0v) is 18.6. The van der Waals surface area contributed by atoms with Gasteiger partial charge < -0.3 is 15.5 Å². The maximum absolute atomic E-state index is 12.5. The molecule has 2 aliphatic rings. The molecule has 1 aromatic carbocycles. The molecule has 0 atom stereocenters. The van der Waals surface area contributed by atoms with Crippen LogP contribution in [0.25, 0.3) is 0 Å². The minimum absolute atomic E-state index is 0.0570. The van der Waals surface area contributed by atoms with E-state index in [4.69, 9.17) is 9.97 Å². The molecule has 0 spiro atoms. The predicted octanol–water partition coefficient (Wildman–Crippen LogP) is 3.48. The van der Waals surface area contributed by atoms with Gasteiger partial charge in [0.25, 0.3) is 11.6 Å². The predicted molar refractivity (Wildman–Crippen MR) is 123 cm³/mol. The fourth-order valence-electron chi connectivity index (χ4n) is 4.60. The Balaban J connectivity index is 1.34. The Morgan fingerprint density at radius 1 is 1.09 bits per heavy atom. The second kappa shape index (κ2) is 9.50. The lowest BCUT2D eigenvalue weighted by atomic mass is 9.91. The van der Waals surface area contributed by atoms with Gasteiger partial charge in [-0.15, -0.1) is 0 Å². The number of nitrogens with zero attached hydrogens (tertiary/aromatic N) is 4. The fraction of sp³-hybridized carbons (Fsp3) is 0.522. The molecule has 2 aliphatic carbocycles. The molecule has 1 saturated carbocycles. The van der Waals surface area contributed by atoms with Crippen molar-refractivity contribution in [2.24, 2.45) is 0 Å². The molecule has 32 heavy (non-hydrogen) atoms. The molecule has 4 rings (SSSR count). The zero-order chi connectivity index (χ0) is 22.7. The molecule has 0 saturated heterocycles. The normalized spacial score (nSPS) is 20.2. The van der Waals surface area contributed by atoms with Gasteiger partial charge in [-0.1, -0.05) is 6.07 Å². The number of hydrogen-bond acceptors (Lipinski definition) is 7. The van der Waals surface area contributed by atoms with Gasteiger partial charge >= 0.3 is 0 Å². The maximum atomic E-state index is 12.5. The number of aromatic nitrogens is 2. The molecule has 2 N–H and O–H groups in total. The van der Waals surface area contributed by atoms with Crippen LogP contribution in [-0.4, -0.2) is 47.0 Å². The fourth-order valence-corrected chi connectivity index (χ4v) is 4.60. The summed E-state index contributed by atoms with van der Waals surface area (Å²) in [5.41, 5.74) is 2.68. The summed E-state index contributed by atoms with van der Waals surface area (Å²) in [6.07, 6.45) is 7.88. The quantitative estimate of drug-likeness (QED) is 0.524. The first-order chi connectivity index (χ1) is 15.4. The van der Waals surface area contributed by atoms with Gasteiger partial charge in [-0.2, -0.15) is 4.98 Å². The summed E-state index contributed by atoms with van der Waals surface area (Å²) in [5, 5.41) is 17.5. The van der Waals surface area contributed by atoms with Gasteiger partial charge in [0.15, 0.2) is 0 Å². The van der Waals surface area contributed by atoms with Gasteiger partial charge in [0.1, 0.15) is 5.82 Å². The first-order valence-corrected chi connectivity index (χ1v) is 11.3. The highest BCUT2D eigenvalue weighted by Gasteiger charge is 2.25. The van der Waals surface area contributed by atoms with Gasteiger partial charge in [-0.25, -0.2) is 4.98 Å². The summed E-state index contributed by atoms with van der Waals surface area (Å²) in [6, 6.07) is 6.16. The second-order valence-corrected chi connectivity index (χ2v) is 8.87. The standard InChI is InChI=1S/C23H30N6O3/c1-28(2)21-19-8-3-4-9-20(19)26-23(27-21)25-17-12-10-16(11-13-17)24-22(30)15-6-5-7-18(14-15)29(31)32/h5-7,14,16-17H,3-4,8-13H2,1-2H3,(H,24,30)(H,25,26,27)/t16-,17+. The van der Waals surface area contributed by atoms with E-state index in [1.807, 2.05) is 14.1 Å². The molecule has 1 aromatic heterocycles. The van der Waals surface area contributed by atoms with Crippen LogP contribution in [0.15, 0.2) is 24.3 Å². The van der Waals surface area contributed by atoms with Crippen molar-refractivity contribution in [2.75, 3.05) is 24.3 Å². The summed E-state index contributed by atoms with van der Waals surface area (Å²) >= 11 is 0. The third kappa shape index (κ3) is 4.98. The third-order valence-corrected chi connectivity index (χ3v) is 6.30. The molecule has 0 aliphatic heterocycles. The highest BCUT2D eigenvalue weighted by molar-refractivity contribution is 5.95. The Morgan fingerprint density at radius 2 is 1.81 bits per heavy atom. The minimum atomic E-state index is -0.488. The molecule has 170 valence electrons. The molecule has 1 heterocycles. The monoisotopic (exact) mass is 438 g/mol. The van der Waals surface area contributed by atoms with Crippen LogP contribution in [0, 0.1) is 10.1 Å². The lowest BCUT2D eigenvalue weighted by Crippen LogP contribution is -2.40. The molecular formula is C23H30N6O3. The van der Waals surface area contributed by atoms with Crippen molar-refractivity contribution >= 4 is 23.4 Å². The zero-order valence-electron chi connectivity index (χ0n) is 18.6. The Kier molecular flexibility index (Phi) is 6.53. The number of anilines is 2. The highest BCUT2D eigenvalue weighted by atomic mass is 16.6. The molecule has 9 heteroatoms. The van der Waals surface area contributed by atoms with Crippen molar-refractivity contribution in [1.29, 1.82) is 0 Å². The molecule has 2 aromatic rings. The Labute approximate surface area is 187 Å². The van der Waals surface area contributed by atoms with Crippen LogP contribution < -0.4 is 15.5 Å². The number of rotatable bonds is 6. The number of carbonyl (C=O) groups is 1. The Morgan fingerprint density at radius 3 is 2.53 bits per heavy atom. The van der Waals surface area contributed by atoms with Crippen molar-refractivity contribution in [3.05, 3.63) is 51.2 Å². The van der Waals surface area contributed by atoms with Crippen molar-refractivity contribution in [3.8, 4) is 0 Å².